The van der Waals surface area contributed by atoms with E-state index in [1.165, 1.54) is 6.33 Å². The molecule has 3 heterocycles. The smallest absolute Gasteiger partial charge is 0.145 e. The highest BCUT2D eigenvalue weighted by Crippen LogP contribution is 2.39. The maximum atomic E-state index is 10.7. The zero-order valence-electron chi connectivity index (χ0n) is 16.7. The Balaban J connectivity index is 1.34. The van der Waals surface area contributed by atoms with Gasteiger partial charge in [0.25, 0.3) is 0 Å². The zero-order valence-corrected chi connectivity index (χ0v) is 18.3. The van der Waals surface area contributed by atoms with E-state index < -0.39 is 12.2 Å². The molecule has 0 bridgehead atoms. The maximum Gasteiger partial charge on any atom is 0.145 e. The van der Waals surface area contributed by atoms with Crippen LogP contribution < -0.4 is 11.5 Å². The van der Waals surface area contributed by atoms with Crippen LogP contribution in [0.4, 0.5) is 11.6 Å². The summed E-state index contributed by atoms with van der Waals surface area (Å²) in [5.74, 6) is 0.839. The van der Waals surface area contributed by atoms with Crippen LogP contribution in [-0.4, -0.2) is 41.9 Å². The highest BCUT2D eigenvalue weighted by atomic mass is 79.9. The van der Waals surface area contributed by atoms with Crippen molar-refractivity contribution in [3.63, 3.8) is 0 Å². The van der Waals surface area contributed by atoms with E-state index >= 15 is 0 Å². The summed E-state index contributed by atoms with van der Waals surface area (Å²) in [6.45, 7) is 0. The number of nitrogens with two attached hydrogens (primary N) is 2. The van der Waals surface area contributed by atoms with E-state index in [9.17, 15) is 10.2 Å². The number of aliphatic hydroxyl groups is 2. The number of benzene rings is 1. The van der Waals surface area contributed by atoms with Gasteiger partial charge in [-0.15, -0.1) is 0 Å². The van der Waals surface area contributed by atoms with Crippen molar-refractivity contribution in [3.05, 3.63) is 52.9 Å². The van der Waals surface area contributed by atoms with Crippen molar-refractivity contribution in [2.75, 3.05) is 11.5 Å². The largest absolute Gasteiger partial charge is 0.390 e. The Bertz CT molecular complexity index is 1280. The Morgan fingerprint density at radius 1 is 1.06 bits per heavy atom. The number of hydrogen-bond acceptors (Lipinski definition) is 7. The number of hydrogen-bond donors (Lipinski definition) is 4. The minimum absolute atomic E-state index is 0.0322. The van der Waals surface area contributed by atoms with E-state index in [0.717, 1.165) is 39.2 Å². The number of halogens is 1. The van der Waals surface area contributed by atoms with Crippen LogP contribution >= 0.6 is 15.9 Å². The first-order valence-corrected chi connectivity index (χ1v) is 11.0. The van der Waals surface area contributed by atoms with Gasteiger partial charge in [0.15, 0.2) is 0 Å². The minimum atomic E-state index is -0.868. The molecular formula is C22H23BrN6O2. The van der Waals surface area contributed by atoms with Crippen LogP contribution in [0, 0.1) is 5.92 Å². The Hall–Kier alpha value is -2.75. The van der Waals surface area contributed by atoms with Gasteiger partial charge in [0, 0.05) is 11.6 Å². The van der Waals surface area contributed by atoms with Gasteiger partial charge in [0.1, 0.15) is 29.7 Å². The van der Waals surface area contributed by atoms with E-state index in [1.54, 1.807) is 0 Å². The molecule has 1 fully saturated rings. The number of pyridine rings is 1. The first kappa shape index (κ1) is 20.2. The molecule has 1 aliphatic carbocycles. The number of anilines is 2. The maximum absolute atomic E-state index is 10.7. The molecule has 5 rings (SSSR count). The van der Waals surface area contributed by atoms with Crippen molar-refractivity contribution in [3.8, 4) is 0 Å². The molecule has 4 atom stereocenters. The summed E-state index contributed by atoms with van der Waals surface area (Å²) in [5.41, 5.74) is 14.5. The zero-order chi connectivity index (χ0) is 21.7. The molecule has 31 heavy (non-hydrogen) atoms. The normalized spacial score (nSPS) is 23.7. The summed E-state index contributed by atoms with van der Waals surface area (Å²) in [5, 5.41) is 23.2. The number of aliphatic hydroxyl groups excluding tert-OH is 2. The Morgan fingerprint density at radius 2 is 1.90 bits per heavy atom. The Morgan fingerprint density at radius 3 is 2.74 bits per heavy atom. The SMILES string of the molecule is Nc1nc2cc(CCC3CC(n4ccc5c(N)ncnc54)[C@H](O)[C@@H]3O)ccc2cc1Br. The van der Waals surface area contributed by atoms with Gasteiger partial charge < -0.3 is 26.2 Å². The summed E-state index contributed by atoms with van der Waals surface area (Å²) < 4.78 is 2.69. The highest BCUT2D eigenvalue weighted by Gasteiger charge is 2.42. The predicted molar refractivity (Wildman–Crippen MR) is 123 cm³/mol. The molecule has 8 nitrogen and oxygen atoms in total. The second kappa shape index (κ2) is 7.74. The van der Waals surface area contributed by atoms with Gasteiger partial charge in [0.2, 0.25) is 0 Å². The predicted octanol–water partition coefficient (Wildman–Crippen LogP) is 2.82. The average molecular weight is 483 g/mol. The van der Waals surface area contributed by atoms with Crippen LogP contribution in [0.1, 0.15) is 24.4 Å². The van der Waals surface area contributed by atoms with Crippen LogP contribution in [0.2, 0.25) is 0 Å². The van der Waals surface area contributed by atoms with E-state index in [4.69, 9.17) is 11.5 Å². The molecule has 1 saturated carbocycles. The molecular weight excluding hydrogens is 460 g/mol. The molecule has 0 amide bonds. The molecule has 0 aliphatic heterocycles. The van der Waals surface area contributed by atoms with Crippen molar-refractivity contribution in [1.82, 2.24) is 19.5 Å². The van der Waals surface area contributed by atoms with Crippen molar-refractivity contribution in [2.45, 2.75) is 37.5 Å². The first-order valence-electron chi connectivity index (χ1n) is 10.2. The lowest BCUT2D eigenvalue weighted by molar-refractivity contribution is 0.00545. The number of nitrogens with zero attached hydrogens (tertiary/aromatic N) is 4. The summed E-state index contributed by atoms with van der Waals surface area (Å²) in [4.78, 5) is 12.8. The van der Waals surface area contributed by atoms with Crippen molar-refractivity contribution >= 4 is 49.5 Å². The quantitative estimate of drug-likeness (QED) is 0.351. The molecule has 3 aromatic heterocycles. The Kier molecular flexibility index (Phi) is 5.04. The third-order valence-electron chi connectivity index (χ3n) is 6.34. The molecule has 1 aromatic carbocycles. The molecule has 0 saturated heterocycles. The number of aryl methyl sites for hydroxylation is 1. The molecule has 1 aliphatic rings. The van der Waals surface area contributed by atoms with Crippen LogP contribution in [-0.2, 0) is 6.42 Å². The standard InChI is InChI=1S/C22H23BrN6O2/c23-15-8-12-3-1-11(7-16(12)28-21(15)25)2-4-13-9-17(19(31)18(13)30)29-6-5-14-20(24)26-10-27-22(14)29/h1,3,5-8,10,13,17-19,30-31H,2,4,9H2,(H2,25,28)(H2,24,26,27)/t13?,17?,18-,19+/m1/s1. The summed E-state index contributed by atoms with van der Waals surface area (Å²) in [6, 6.07) is 9.68. The lowest BCUT2D eigenvalue weighted by Crippen LogP contribution is -2.29. The van der Waals surface area contributed by atoms with E-state index in [0.29, 0.717) is 23.7 Å². The molecule has 2 unspecified atom stereocenters. The Labute approximate surface area is 187 Å². The fraction of sp³-hybridized carbons (Fsp3) is 0.318. The van der Waals surface area contributed by atoms with E-state index in [1.807, 2.05) is 35.0 Å². The lowest BCUT2D eigenvalue weighted by Gasteiger charge is -2.19. The molecule has 6 N–H and O–H groups in total. The van der Waals surface area contributed by atoms with Crippen LogP contribution in [0.15, 0.2) is 47.3 Å². The second-order valence-electron chi connectivity index (χ2n) is 8.18. The van der Waals surface area contributed by atoms with Gasteiger partial charge in [0.05, 0.1) is 27.5 Å². The van der Waals surface area contributed by atoms with Gasteiger partial charge in [-0.25, -0.2) is 15.0 Å². The summed E-state index contributed by atoms with van der Waals surface area (Å²) in [7, 11) is 0. The number of rotatable bonds is 4. The second-order valence-corrected chi connectivity index (χ2v) is 9.04. The van der Waals surface area contributed by atoms with Crippen LogP contribution in [0.5, 0.6) is 0 Å². The van der Waals surface area contributed by atoms with Gasteiger partial charge in [-0.3, -0.25) is 0 Å². The van der Waals surface area contributed by atoms with Gasteiger partial charge in [-0.1, -0.05) is 12.1 Å². The first-order chi connectivity index (χ1) is 14.9. The fourth-order valence-electron chi connectivity index (χ4n) is 4.63. The van der Waals surface area contributed by atoms with Crippen LogP contribution in [0.25, 0.3) is 21.9 Å². The van der Waals surface area contributed by atoms with E-state index in [-0.39, 0.29) is 12.0 Å². The third kappa shape index (κ3) is 3.52. The number of fused-ring (bicyclic) bond motifs is 2. The lowest BCUT2D eigenvalue weighted by atomic mass is 9.95. The third-order valence-corrected chi connectivity index (χ3v) is 6.97. The van der Waals surface area contributed by atoms with Crippen molar-refractivity contribution in [1.29, 1.82) is 0 Å². The summed E-state index contributed by atoms with van der Waals surface area (Å²) >= 11 is 3.41. The van der Waals surface area contributed by atoms with Crippen LogP contribution in [0.3, 0.4) is 0 Å². The topological polar surface area (TPSA) is 136 Å². The fourth-order valence-corrected chi connectivity index (χ4v) is 4.96. The summed E-state index contributed by atoms with van der Waals surface area (Å²) in [6.07, 6.45) is 3.79. The number of nitrogen functional groups attached to an aromatic ring is 2. The van der Waals surface area contributed by atoms with Crippen molar-refractivity contribution in [2.24, 2.45) is 5.92 Å². The molecule has 0 radical (unpaired) electrons. The average Bonchev–Trinajstić information content (AvgIpc) is 3.30. The number of aromatic nitrogens is 4. The molecule has 4 aromatic rings. The minimum Gasteiger partial charge on any atom is -0.390 e. The van der Waals surface area contributed by atoms with Crippen molar-refractivity contribution < 1.29 is 10.2 Å². The molecule has 160 valence electrons. The molecule has 0 spiro atoms. The van der Waals surface area contributed by atoms with Gasteiger partial charge in [-0.05, 0) is 64.9 Å². The molecule has 9 heteroatoms. The van der Waals surface area contributed by atoms with E-state index in [2.05, 4.69) is 36.9 Å². The van der Waals surface area contributed by atoms with Gasteiger partial charge >= 0.3 is 0 Å². The highest BCUT2D eigenvalue weighted by molar-refractivity contribution is 9.10. The van der Waals surface area contributed by atoms with Gasteiger partial charge in [-0.2, -0.15) is 0 Å². The monoisotopic (exact) mass is 482 g/mol.